The minimum atomic E-state index is -0.0404. The second-order valence-corrected chi connectivity index (χ2v) is 2.91. The standard InChI is InChI=1S/C10H14N2O.C2H6/c1-8(13)12-10-5-3-9(4-6-10)7-11-2;1-2/h3-6,11H,7H2,1-2H3,(H,12,13);1-2H3. The molecule has 0 spiro atoms. The number of nitrogens with one attached hydrogen (secondary N) is 2. The van der Waals surface area contributed by atoms with Crippen molar-refractivity contribution in [3.8, 4) is 0 Å². The maximum atomic E-state index is 10.7. The molecule has 15 heavy (non-hydrogen) atoms. The van der Waals surface area contributed by atoms with E-state index in [1.807, 2.05) is 45.2 Å². The molecule has 84 valence electrons. The van der Waals surface area contributed by atoms with Gasteiger partial charge in [0.2, 0.25) is 5.91 Å². The Morgan fingerprint density at radius 3 is 2.13 bits per heavy atom. The van der Waals surface area contributed by atoms with Gasteiger partial charge in [0.05, 0.1) is 0 Å². The highest BCUT2D eigenvalue weighted by molar-refractivity contribution is 5.88. The Balaban J connectivity index is 0.000000921. The molecule has 0 aliphatic heterocycles. The van der Waals surface area contributed by atoms with Crippen LogP contribution < -0.4 is 10.6 Å². The van der Waals surface area contributed by atoms with Crippen LogP contribution in [0.15, 0.2) is 24.3 Å². The topological polar surface area (TPSA) is 41.1 Å². The summed E-state index contributed by atoms with van der Waals surface area (Å²) in [5, 5.41) is 5.77. The van der Waals surface area contributed by atoms with Crippen LogP contribution in [0.2, 0.25) is 0 Å². The molecule has 1 aromatic carbocycles. The van der Waals surface area contributed by atoms with E-state index in [1.54, 1.807) is 0 Å². The zero-order valence-corrected chi connectivity index (χ0v) is 9.92. The van der Waals surface area contributed by atoms with Gasteiger partial charge in [-0.05, 0) is 24.7 Å². The third-order valence-electron chi connectivity index (χ3n) is 1.66. The van der Waals surface area contributed by atoms with E-state index in [-0.39, 0.29) is 5.91 Å². The SMILES string of the molecule is CC.CNCc1ccc(NC(C)=O)cc1. The molecule has 2 N–H and O–H groups in total. The summed E-state index contributed by atoms with van der Waals surface area (Å²) in [6.45, 7) is 6.35. The molecule has 0 aromatic heterocycles. The molecule has 0 saturated carbocycles. The van der Waals surface area contributed by atoms with E-state index in [0.717, 1.165) is 12.2 Å². The van der Waals surface area contributed by atoms with Crippen molar-refractivity contribution in [3.05, 3.63) is 29.8 Å². The van der Waals surface area contributed by atoms with Gasteiger partial charge in [-0.2, -0.15) is 0 Å². The highest BCUT2D eigenvalue weighted by Crippen LogP contribution is 2.08. The summed E-state index contributed by atoms with van der Waals surface area (Å²) in [6, 6.07) is 7.77. The molecule has 0 radical (unpaired) electrons. The van der Waals surface area contributed by atoms with Crippen LogP contribution in [0, 0.1) is 0 Å². The molecule has 1 rings (SSSR count). The minimum absolute atomic E-state index is 0.0404. The van der Waals surface area contributed by atoms with E-state index in [0.29, 0.717) is 0 Å². The quantitative estimate of drug-likeness (QED) is 0.800. The zero-order chi connectivity index (χ0) is 11.7. The van der Waals surface area contributed by atoms with Gasteiger partial charge in [0, 0.05) is 19.2 Å². The smallest absolute Gasteiger partial charge is 0.221 e. The van der Waals surface area contributed by atoms with Crippen LogP contribution in [-0.2, 0) is 11.3 Å². The highest BCUT2D eigenvalue weighted by Gasteiger charge is 1.94. The van der Waals surface area contributed by atoms with Gasteiger partial charge in [0.25, 0.3) is 0 Å². The minimum Gasteiger partial charge on any atom is -0.326 e. The number of amides is 1. The largest absolute Gasteiger partial charge is 0.326 e. The van der Waals surface area contributed by atoms with Crippen molar-refractivity contribution < 1.29 is 4.79 Å². The van der Waals surface area contributed by atoms with Crippen molar-refractivity contribution in [2.24, 2.45) is 0 Å². The van der Waals surface area contributed by atoms with Gasteiger partial charge in [0.1, 0.15) is 0 Å². The normalized spacial score (nSPS) is 8.80. The molecule has 0 atom stereocenters. The molecule has 0 aliphatic carbocycles. The number of benzene rings is 1. The highest BCUT2D eigenvalue weighted by atomic mass is 16.1. The van der Waals surface area contributed by atoms with E-state index in [9.17, 15) is 4.79 Å². The van der Waals surface area contributed by atoms with Gasteiger partial charge in [-0.3, -0.25) is 4.79 Å². The summed E-state index contributed by atoms with van der Waals surface area (Å²) in [5.74, 6) is -0.0404. The Bertz CT molecular complexity index is 280. The third-order valence-corrected chi connectivity index (χ3v) is 1.66. The average Bonchev–Trinajstić information content (AvgIpc) is 2.24. The number of hydrogen-bond donors (Lipinski definition) is 2. The number of carbonyl (C=O) groups is 1. The van der Waals surface area contributed by atoms with Crippen LogP contribution in [0.25, 0.3) is 0 Å². The van der Waals surface area contributed by atoms with Crippen LogP contribution in [0.3, 0.4) is 0 Å². The van der Waals surface area contributed by atoms with Gasteiger partial charge < -0.3 is 10.6 Å². The fourth-order valence-corrected chi connectivity index (χ4v) is 1.11. The Kier molecular flexibility index (Phi) is 7.28. The lowest BCUT2D eigenvalue weighted by molar-refractivity contribution is -0.114. The summed E-state index contributed by atoms with van der Waals surface area (Å²) in [5.41, 5.74) is 2.05. The maximum Gasteiger partial charge on any atom is 0.221 e. The first kappa shape index (κ1) is 13.7. The van der Waals surface area contributed by atoms with E-state index >= 15 is 0 Å². The van der Waals surface area contributed by atoms with Crippen molar-refractivity contribution in [3.63, 3.8) is 0 Å². The number of carbonyl (C=O) groups excluding carboxylic acids is 1. The monoisotopic (exact) mass is 208 g/mol. The lowest BCUT2D eigenvalue weighted by atomic mass is 10.2. The Hall–Kier alpha value is -1.35. The van der Waals surface area contributed by atoms with E-state index < -0.39 is 0 Å². The third kappa shape index (κ3) is 5.86. The van der Waals surface area contributed by atoms with Crippen LogP contribution in [-0.4, -0.2) is 13.0 Å². The molecule has 1 aromatic rings. The van der Waals surface area contributed by atoms with Crippen LogP contribution >= 0.6 is 0 Å². The van der Waals surface area contributed by atoms with Crippen molar-refractivity contribution in [2.45, 2.75) is 27.3 Å². The molecule has 0 heterocycles. The van der Waals surface area contributed by atoms with Gasteiger partial charge in [-0.25, -0.2) is 0 Å². The van der Waals surface area contributed by atoms with Crippen LogP contribution in [0.5, 0.6) is 0 Å². The summed E-state index contributed by atoms with van der Waals surface area (Å²) < 4.78 is 0. The summed E-state index contributed by atoms with van der Waals surface area (Å²) in [6.07, 6.45) is 0. The molecule has 0 bridgehead atoms. The molecule has 0 aliphatic rings. The number of hydrogen-bond acceptors (Lipinski definition) is 2. The molecular formula is C12H20N2O. The first-order valence-corrected chi connectivity index (χ1v) is 5.23. The van der Waals surface area contributed by atoms with Gasteiger partial charge in [-0.1, -0.05) is 26.0 Å². The van der Waals surface area contributed by atoms with Crippen molar-refractivity contribution in [1.82, 2.24) is 5.32 Å². The predicted molar refractivity (Wildman–Crippen MR) is 64.9 cm³/mol. The lowest BCUT2D eigenvalue weighted by Gasteiger charge is -2.03. The van der Waals surface area contributed by atoms with E-state index in [1.165, 1.54) is 12.5 Å². The van der Waals surface area contributed by atoms with Gasteiger partial charge in [0.15, 0.2) is 0 Å². The molecule has 1 amide bonds. The summed E-state index contributed by atoms with van der Waals surface area (Å²) in [7, 11) is 1.90. The van der Waals surface area contributed by atoms with Crippen molar-refractivity contribution >= 4 is 11.6 Å². The zero-order valence-electron chi connectivity index (χ0n) is 9.92. The van der Waals surface area contributed by atoms with Crippen molar-refractivity contribution in [1.29, 1.82) is 0 Å². The second-order valence-electron chi connectivity index (χ2n) is 2.91. The molecule has 0 saturated heterocycles. The second kappa shape index (κ2) is 8.00. The first-order chi connectivity index (χ1) is 7.22. The summed E-state index contributed by atoms with van der Waals surface area (Å²) >= 11 is 0. The van der Waals surface area contributed by atoms with Gasteiger partial charge >= 0.3 is 0 Å². The molecule has 0 fully saturated rings. The van der Waals surface area contributed by atoms with Gasteiger partial charge in [-0.15, -0.1) is 0 Å². The molecule has 3 heteroatoms. The Morgan fingerprint density at radius 2 is 1.73 bits per heavy atom. The molecular weight excluding hydrogens is 188 g/mol. The Labute approximate surface area is 91.9 Å². The molecule has 0 unspecified atom stereocenters. The van der Waals surface area contributed by atoms with Crippen LogP contribution in [0.4, 0.5) is 5.69 Å². The van der Waals surface area contributed by atoms with E-state index in [4.69, 9.17) is 0 Å². The average molecular weight is 208 g/mol. The fraction of sp³-hybridized carbons (Fsp3) is 0.417. The fourth-order valence-electron chi connectivity index (χ4n) is 1.11. The summed E-state index contributed by atoms with van der Waals surface area (Å²) in [4.78, 5) is 10.7. The molecule has 3 nitrogen and oxygen atoms in total. The maximum absolute atomic E-state index is 10.7. The van der Waals surface area contributed by atoms with Crippen LogP contribution in [0.1, 0.15) is 26.3 Å². The number of anilines is 1. The lowest BCUT2D eigenvalue weighted by Crippen LogP contribution is -2.07. The predicted octanol–water partition coefficient (Wildman–Crippen LogP) is 2.39. The van der Waals surface area contributed by atoms with Crippen molar-refractivity contribution in [2.75, 3.05) is 12.4 Å². The Morgan fingerprint density at radius 1 is 1.20 bits per heavy atom. The first-order valence-electron chi connectivity index (χ1n) is 5.23. The van der Waals surface area contributed by atoms with E-state index in [2.05, 4.69) is 10.6 Å². The number of rotatable bonds is 3.